The van der Waals surface area contributed by atoms with Gasteiger partial charge in [0.25, 0.3) is 10.0 Å². The van der Waals surface area contributed by atoms with Gasteiger partial charge in [0.1, 0.15) is 0 Å². The number of nitrogens with zero attached hydrogens (tertiary/aromatic N) is 2. The fourth-order valence-electron chi connectivity index (χ4n) is 2.76. The molecule has 1 aliphatic rings. The molecule has 0 unspecified atom stereocenters. The molecule has 1 heterocycles. The van der Waals surface area contributed by atoms with Crippen molar-refractivity contribution in [2.75, 3.05) is 27.6 Å². The van der Waals surface area contributed by atoms with Gasteiger partial charge in [-0.25, -0.2) is 18.1 Å². The summed E-state index contributed by atoms with van der Waals surface area (Å²) in [5, 5.41) is 3.01. The van der Waals surface area contributed by atoms with Crippen LogP contribution >= 0.6 is 0 Å². The minimum Gasteiger partial charge on any atom is -0.493 e. The Bertz CT molecular complexity index is 958. The highest BCUT2D eigenvalue weighted by atomic mass is 32.2. The molecule has 0 aliphatic carbocycles. The molecule has 1 aliphatic heterocycles. The average molecular weight is 404 g/mol. The predicted molar refractivity (Wildman–Crippen MR) is 107 cm³/mol. The van der Waals surface area contributed by atoms with E-state index >= 15 is 0 Å². The Hall–Kier alpha value is -2.78. The molecule has 0 spiro atoms. The third-order valence-corrected chi connectivity index (χ3v) is 5.66. The maximum absolute atomic E-state index is 12.6. The van der Waals surface area contributed by atoms with Gasteiger partial charge in [-0.05, 0) is 24.6 Å². The first-order chi connectivity index (χ1) is 13.4. The molecule has 28 heavy (non-hydrogen) atoms. The number of ether oxygens (including phenoxy) is 2. The van der Waals surface area contributed by atoms with Gasteiger partial charge in [-0.15, -0.1) is 0 Å². The van der Waals surface area contributed by atoms with E-state index in [0.29, 0.717) is 24.8 Å². The van der Waals surface area contributed by atoms with Gasteiger partial charge in [-0.3, -0.25) is 4.90 Å². The van der Waals surface area contributed by atoms with E-state index in [1.54, 1.807) is 6.07 Å². The number of hydrogen-bond donors (Lipinski definition) is 2. The first kappa shape index (κ1) is 20.0. The zero-order valence-electron chi connectivity index (χ0n) is 16.1. The Balaban J connectivity index is 1.65. The van der Waals surface area contributed by atoms with E-state index in [1.807, 2.05) is 6.92 Å². The highest BCUT2D eigenvalue weighted by Crippen LogP contribution is 2.29. The monoisotopic (exact) mass is 404 g/mol. The number of aryl methyl sites for hydroxylation is 1. The summed E-state index contributed by atoms with van der Waals surface area (Å²) in [4.78, 5) is 6.43. The van der Waals surface area contributed by atoms with E-state index < -0.39 is 10.0 Å². The van der Waals surface area contributed by atoms with Crippen molar-refractivity contribution in [2.45, 2.75) is 18.4 Å². The molecule has 0 aromatic heterocycles. The van der Waals surface area contributed by atoms with Crippen molar-refractivity contribution in [3.8, 4) is 11.5 Å². The highest BCUT2D eigenvalue weighted by molar-refractivity contribution is 7.90. The second-order valence-corrected chi connectivity index (χ2v) is 8.10. The van der Waals surface area contributed by atoms with Gasteiger partial charge in [0.2, 0.25) is 5.96 Å². The van der Waals surface area contributed by atoms with Crippen LogP contribution in [0.15, 0.2) is 52.4 Å². The number of rotatable bonds is 6. The molecule has 9 heteroatoms. The van der Waals surface area contributed by atoms with Crippen molar-refractivity contribution in [3.63, 3.8) is 0 Å². The molecule has 0 bridgehead atoms. The lowest BCUT2D eigenvalue weighted by molar-refractivity contribution is 0.255. The summed E-state index contributed by atoms with van der Waals surface area (Å²) >= 11 is 0. The van der Waals surface area contributed by atoms with Crippen molar-refractivity contribution in [1.29, 1.82) is 0 Å². The summed E-state index contributed by atoms with van der Waals surface area (Å²) in [5.41, 5.74) is 2.39. The molecule has 0 fully saturated rings. The zero-order chi connectivity index (χ0) is 20.1. The van der Waals surface area contributed by atoms with Gasteiger partial charge in [0.15, 0.2) is 11.5 Å². The summed E-state index contributed by atoms with van der Waals surface area (Å²) in [6.07, 6.45) is 0. The van der Waals surface area contributed by atoms with Crippen LogP contribution in [0, 0.1) is 6.92 Å². The lowest BCUT2D eigenvalue weighted by atomic mass is 10.1. The summed E-state index contributed by atoms with van der Waals surface area (Å²) in [7, 11) is -0.847. The van der Waals surface area contributed by atoms with Gasteiger partial charge in [0.05, 0.1) is 32.5 Å². The molecular weight excluding hydrogens is 380 g/mol. The van der Waals surface area contributed by atoms with E-state index in [0.717, 1.165) is 6.54 Å². The molecule has 3 rings (SSSR count). The second-order valence-electron chi connectivity index (χ2n) is 6.42. The normalized spacial score (nSPS) is 14.8. The molecule has 8 nitrogen and oxygen atoms in total. The molecule has 0 saturated heterocycles. The van der Waals surface area contributed by atoms with Crippen LogP contribution in [0.4, 0.5) is 0 Å². The lowest BCUT2D eigenvalue weighted by Crippen LogP contribution is -2.49. The third kappa shape index (κ3) is 4.73. The van der Waals surface area contributed by atoms with E-state index in [2.05, 4.69) is 44.2 Å². The first-order valence-electron chi connectivity index (χ1n) is 8.72. The minimum absolute atomic E-state index is 0.0664. The van der Waals surface area contributed by atoms with Gasteiger partial charge in [-0.1, -0.05) is 29.8 Å². The number of sulfonamides is 1. The molecule has 0 amide bonds. The van der Waals surface area contributed by atoms with Crippen molar-refractivity contribution in [1.82, 2.24) is 14.9 Å². The summed E-state index contributed by atoms with van der Waals surface area (Å²) in [6, 6.07) is 12.7. The molecule has 2 aromatic carbocycles. The Morgan fingerprint density at radius 2 is 1.82 bits per heavy atom. The maximum atomic E-state index is 12.6. The zero-order valence-corrected chi connectivity index (χ0v) is 16.9. The van der Waals surface area contributed by atoms with Crippen LogP contribution in [-0.2, 0) is 16.6 Å². The average Bonchev–Trinajstić information content (AvgIpc) is 2.70. The number of nitrogens with one attached hydrogen (secondary N) is 2. The van der Waals surface area contributed by atoms with Crippen molar-refractivity contribution >= 4 is 16.0 Å². The van der Waals surface area contributed by atoms with Crippen LogP contribution in [0.2, 0.25) is 0 Å². The van der Waals surface area contributed by atoms with E-state index in [-0.39, 0.29) is 10.9 Å². The summed E-state index contributed by atoms with van der Waals surface area (Å²) < 4.78 is 38.1. The van der Waals surface area contributed by atoms with Crippen LogP contribution in [-0.4, -0.2) is 46.8 Å². The number of aliphatic imine (C=N–C) groups is 1. The van der Waals surface area contributed by atoms with Crippen LogP contribution in [0.3, 0.4) is 0 Å². The van der Waals surface area contributed by atoms with Crippen molar-refractivity contribution in [2.24, 2.45) is 4.99 Å². The van der Waals surface area contributed by atoms with Crippen LogP contribution < -0.4 is 19.5 Å². The van der Waals surface area contributed by atoms with E-state index in [4.69, 9.17) is 9.47 Å². The molecule has 0 saturated carbocycles. The molecule has 0 radical (unpaired) electrons. The van der Waals surface area contributed by atoms with Crippen molar-refractivity contribution < 1.29 is 17.9 Å². The molecular formula is C19H24N4O4S. The van der Waals surface area contributed by atoms with Gasteiger partial charge in [-0.2, -0.15) is 0 Å². The Kier molecular flexibility index (Phi) is 6.05. The maximum Gasteiger partial charge on any atom is 0.264 e. The smallest absolute Gasteiger partial charge is 0.264 e. The summed E-state index contributed by atoms with van der Waals surface area (Å²) in [6.45, 7) is 3.66. The van der Waals surface area contributed by atoms with Gasteiger partial charge < -0.3 is 14.8 Å². The Labute approximate surface area is 165 Å². The highest BCUT2D eigenvalue weighted by Gasteiger charge is 2.21. The minimum atomic E-state index is -3.80. The quantitative estimate of drug-likeness (QED) is 0.761. The first-order valence-corrected chi connectivity index (χ1v) is 10.2. The number of guanidine groups is 1. The van der Waals surface area contributed by atoms with Gasteiger partial charge in [0, 0.05) is 12.6 Å². The number of benzene rings is 2. The van der Waals surface area contributed by atoms with Crippen LogP contribution in [0.1, 0.15) is 11.1 Å². The fourth-order valence-corrected chi connectivity index (χ4v) is 3.78. The number of methoxy groups -OCH3 is 2. The SMILES string of the molecule is COc1ccc(S(=O)(=O)NC2=NCN(Cc3ccc(C)cc3)CN2)cc1OC. The standard InChI is InChI=1S/C19H24N4O4S/c1-14-4-6-15(7-5-14)11-23-12-20-19(21-13-23)22-28(24,25)16-8-9-17(26-2)18(10-16)27-3/h4-10H,11-13H2,1-3H3,(H2,20,21,22). The van der Waals surface area contributed by atoms with Crippen LogP contribution in [0.5, 0.6) is 11.5 Å². The Morgan fingerprint density at radius 3 is 2.43 bits per heavy atom. The predicted octanol–water partition coefficient (Wildman–Crippen LogP) is 1.67. The topological polar surface area (TPSA) is 92.3 Å². The second kappa shape index (κ2) is 8.49. The van der Waals surface area contributed by atoms with Crippen molar-refractivity contribution in [3.05, 3.63) is 53.6 Å². The van der Waals surface area contributed by atoms with E-state index in [1.165, 1.54) is 37.5 Å². The summed E-state index contributed by atoms with van der Waals surface area (Å²) in [5.74, 6) is 1.02. The third-order valence-electron chi connectivity index (χ3n) is 4.32. The fraction of sp³-hybridized carbons (Fsp3) is 0.316. The molecule has 2 N–H and O–H groups in total. The van der Waals surface area contributed by atoms with Crippen LogP contribution in [0.25, 0.3) is 0 Å². The molecule has 150 valence electrons. The Morgan fingerprint density at radius 1 is 1.11 bits per heavy atom. The van der Waals surface area contributed by atoms with E-state index in [9.17, 15) is 8.42 Å². The molecule has 0 atom stereocenters. The lowest BCUT2D eigenvalue weighted by Gasteiger charge is -2.27. The van der Waals surface area contributed by atoms with Gasteiger partial charge >= 0.3 is 0 Å². The largest absolute Gasteiger partial charge is 0.493 e. The molecule has 2 aromatic rings. The number of hydrogen-bond acceptors (Lipinski definition) is 7.